The van der Waals surface area contributed by atoms with Crippen molar-refractivity contribution in [1.29, 1.82) is 0 Å². The van der Waals surface area contributed by atoms with Crippen molar-refractivity contribution in [3.05, 3.63) is 35.4 Å². The number of ketones is 1. The number of carbonyl (C=O) groups is 2. The van der Waals surface area contributed by atoms with E-state index in [1.165, 1.54) is 6.07 Å². The van der Waals surface area contributed by atoms with Gasteiger partial charge in [0.25, 0.3) is 0 Å². The van der Waals surface area contributed by atoms with Crippen LogP contribution in [0.1, 0.15) is 29.6 Å². The highest BCUT2D eigenvalue weighted by atomic mass is 35.5. The second-order valence-corrected chi connectivity index (χ2v) is 5.85. The highest BCUT2D eigenvalue weighted by Crippen LogP contribution is 2.11. The Kier molecular flexibility index (Phi) is 9.55. The maximum atomic E-state index is 13.1. The van der Waals surface area contributed by atoms with Gasteiger partial charge in [0.2, 0.25) is 5.91 Å². The number of nitrogens with zero attached hydrogens (tertiary/aromatic N) is 1. The number of hydrogen-bond donors (Lipinski definition) is 2. The summed E-state index contributed by atoms with van der Waals surface area (Å²) in [5, 5.41) is 6.07. The van der Waals surface area contributed by atoms with Gasteiger partial charge in [0, 0.05) is 51.1 Å². The molecule has 0 saturated carbocycles. The molecule has 1 heterocycles. The Morgan fingerprint density at radius 1 is 1.12 bits per heavy atom. The molecule has 1 aromatic carbocycles. The van der Waals surface area contributed by atoms with Gasteiger partial charge < -0.3 is 15.5 Å². The number of rotatable bonds is 8. The lowest BCUT2D eigenvalue weighted by molar-refractivity contribution is -0.121. The average molecular weight is 376 g/mol. The Labute approximate surface area is 152 Å². The van der Waals surface area contributed by atoms with Gasteiger partial charge in [-0.1, -0.05) is 0 Å². The number of hydrogen-bond acceptors (Lipinski definition) is 4. The summed E-state index contributed by atoms with van der Waals surface area (Å²) >= 11 is 0. The van der Waals surface area contributed by atoms with Crippen LogP contribution < -0.4 is 10.6 Å². The second kappa shape index (κ2) is 11.1. The van der Waals surface area contributed by atoms with E-state index in [2.05, 4.69) is 15.5 Å². The Morgan fingerprint density at radius 2 is 1.84 bits per heavy atom. The molecule has 5 nitrogen and oxygen atoms in total. The van der Waals surface area contributed by atoms with Crippen LogP contribution in [0.25, 0.3) is 0 Å². The molecule has 1 aliphatic heterocycles. The molecule has 0 unspecified atom stereocenters. The van der Waals surface area contributed by atoms with Crippen molar-refractivity contribution >= 4 is 24.1 Å². The predicted octanol–water partition coefficient (Wildman–Crippen LogP) is 1.76. The first kappa shape index (κ1) is 21.5. The maximum Gasteiger partial charge on any atom is 0.220 e. The summed E-state index contributed by atoms with van der Waals surface area (Å²) < 4.78 is 25.9. The van der Waals surface area contributed by atoms with Crippen LogP contribution in [-0.2, 0) is 4.79 Å². The van der Waals surface area contributed by atoms with E-state index >= 15 is 0 Å². The van der Waals surface area contributed by atoms with Gasteiger partial charge in [-0.2, -0.15) is 0 Å². The number of amides is 1. The van der Waals surface area contributed by atoms with Crippen molar-refractivity contribution < 1.29 is 18.4 Å². The van der Waals surface area contributed by atoms with E-state index in [0.29, 0.717) is 6.54 Å². The fraction of sp³-hybridized carbons (Fsp3) is 0.529. The average Bonchev–Trinajstić information content (AvgIpc) is 2.60. The van der Waals surface area contributed by atoms with E-state index in [-0.39, 0.29) is 42.5 Å². The Bertz CT molecular complexity index is 581. The lowest BCUT2D eigenvalue weighted by atomic mass is 10.1. The standard InChI is InChI=1S/C17H23F2N3O2.ClH/c18-14-3-2-13(12-15(14)19)16(23)4-5-17(24)21-6-1-9-22-10-7-20-8-11-22;/h2-3,12,20H,1,4-11H2,(H,21,24);1H. The SMILES string of the molecule is Cl.O=C(CCC(=O)c1ccc(F)c(F)c1)NCCCN1CCNCC1. The molecule has 1 aliphatic rings. The van der Waals surface area contributed by atoms with Crippen LogP contribution in [-0.4, -0.2) is 55.9 Å². The summed E-state index contributed by atoms with van der Waals surface area (Å²) in [6, 6.07) is 3.01. The van der Waals surface area contributed by atoms with Gasteiger partial charge in [0.1, 0.15) is 0 Å². The van der Waals surface area contributed by atoms with E-state index in [1.807, 2.05) is 0 Å². The number of benzene rings is 1. The first-order chi connectivity index (χ1) is 11.6. The van der Waals surface area contributed by atoms with Gasteiger partial charge in [0.15, 0.2) is 17.4 Å². The molecule has 1 aromatic rings. The summed E-state index contributed by atoms with van der Waals surface area (Å²) in [5.41, 5.74) is 0.0837. The van der Waals surface area contributed by atoms with Gasteiger partial charge in [-0.05, 0) is 31.2 Å². The molecule has 1 saturated heterocycles. The van der Waals surface area contributed by atoms with E-state index in [0.717, 1.165) is 51.3 Å². The van der Waals surface area contributed by atoms with Crippen LogP contribution in [0.3, 0.4) is 0 Å². The van der Waals surface area contributed by atoms with Crippen LogP contribution >= 0.6 is 12.4 Å². The highest BCUT2D eigenvalue weighted by Gasteiger charge is 2.12. The third kappa shape index (κ3) is 7.46. The van der Waals surface area contributed by atoms with Crippen molar-refractivity contribution in [2.75, 3.05) is 39.3 Å². The number of carbonyl (C=O) groups excluding carboxylic acids is 2. The van der Waals surface area contributed by atoms with Crippen LogP contribution in [0, 0.1) is 11.6 Å². The van der Waals surface area contributed by atoms with Gasteiger partial charge in [0.05, 0.1) is 0 Å². The molecule has 8 heteroatoms. The Hall–Kier alpha value is -1.57. The second-order valence-electron chi connectivity index (χ2n) is 5.85. The van der Waals surface area contributed by atoms with Crippen molar-refractivity contribution in [2.45, 2.75) is 19.3 Å². The summed E-state index contributed by atoms with van der Waals surface area (Å²) in [4.78, 5) is 25.9. The molecule has 2 N–H and O–H groups in total. The van der Waals surface area contributed by atoms with Crippen molar-refractivity contribution in [3.8, 4) is 0 Å². The summed E-state index contributed by atoms with van der Waals surface area (Å²) in [5.74, 6) is -2.62. The molecule has 1 amide bonds. The molecular weight excluding hydrogens is 352 g/mol. The van der Waals surface area contributed by atoms with Crippen molar-refractivity contribution in [2.24, 2.45) is 0 Å². The normalized spacial score (nSPS) is 14.6. The zero-order valence-electron chi connectivity index (χ0n) is 14.0. The van der Waals surface area contributed by atoms with Crippen molar-refractivity contribution in [1.82, 2.24) is 15.5 Å². The summed E-state index contributed by atoms with van der Waals surface area (Å²) in [7, 11) is 0. The zero-order chi connectivity index (χ0) is 17.4. The third-order valence-corrected chi connectivity index (χ3v) is 4.00. The fourth-order valence-electron chi connectivity index (χ4n) is 2.59. The van der Waals surface area contributed by atoms with Crippen LogP contribution in [0.2, 0.25) is 0 Å². The molecular formula is C17H24ClF2N3O2. The topological polar surface area (TPSA) is 61.4 Å². The fourth-order valence-corrected chi connectivity index (χ4v) is 2.59. The van der Waals surface area contributed by atoms with Crippen LogP contribution in [0.5, 0.6) is 0 Å². The van der Waals surface area contributed by atoms with Gasteiger partial charge in [-0.3, -0.25) is 9.59 Å². The smallest absolute Gasteiger partial charge is 0.220 e. The molecule has 0 aromatic heterocycles. The quantitative estimate of drug-likeness (QED) is 0.537. The lowest BCUT2D eigenvalue weighted by Gasteiger charge is -2.27. The Morgan fingerprint density at radius 3 is 2.52 bits per heavy atom. The molecule has 25 heavy (non-hydrogen) atoms. The number of Topliss-reactive ketones (excluding diaryl/α,β-unsaturated/α-hetero) is 1. The van der Waals surface area contributed by atoms with Crippen molar-refractivity contribution in [3.63, 3.8) is 0 Å². The molecule has 0 atom stereocenters. The minimum absolute atomic E-state index is 0. The minimum Gasteiger partial charge on any atom is -0.356 e. The Balaban J connectivity index is 0.00000312. The van der Waals surface area contributed by atoms with Gasteiger partial charge in [-0.15, -0.1) is 12.4 Å². The van der Waals surface area contributed by atoms with Crippen LogP contribution in [0.4, 0.5) is 8.78 Å². The molecule has 1 fully saturated rings. The first-order valence-corrected chi connectivity index (χ1v) is 8.24. The highest BCUT2D eigenvalue weighted by molar-refractivity contribution is 5.97. The van der Waals surface area contributed by atoms with Gasteiger partial charge in [-0.25, -0.2) is 8.78 Å². The largest absolute Gasteiger partial charge is 0.356 e. The summed E-state index contributed by atoms with van der Waals surface area (Å²) in [6.45, 7) is 5.56. The molecule has 2 rings (SSSR count). The molecule has 0 spiro atoms. The monoisotopic (exact) mass is 375 g/mol. The van der Waals surface area contributed by atoms with E-state index in [9.17, 15) is 18.4 Å². The molecule has 0 aliphatic carbocycles. The number of halogens is 3. The summed E-state index contributed by atoms with van der Waals surface area (Å²) in [6.07, 6.45) is 0.892. The maximum absolute atomic E-state index is 13.1. The number of piperazine rings is 1. The number of nitrogens with one attached hydrogen (secondary N) is 2. The van der Waals surface area contributed by atoms with Gasteiger partial charge >= 0.3 is 0 Å². The first-order valence-electron chi connectivity index (χ1n) is 8.24. The molecule has 0 bridgehead atoms. The van der Waals surface area contributed by atoms with Crippen LogP contribution in [0.15, 0.2) is 18.2 Å². The molecule has 140 valence electrons. The lowest BCUT2D eigenvalue weighted by Crippen LogP contribution is -2.44. The predicted molar refractivity (Wildman–Crippen MR) is 94.1 cm³/mol. The molecule has 0 radical (unpaired) electrons. The van der Waals surface area contributed by atoms with E-state index in [1.54, 1.807) is 0 Å². The minimum atomic E-state index is -1.06. The third-order valence-electron chi connectivity index (χ3n) is 4.00. The van der Waals surface area contributed by atoms with E-state index in [4.69, 9.17) is 0 Å². The van der Waals surface area contributed by atoms with E-state index < -0.39 is 11.6 Å². The zero-order valence-corrected chi connectivity index (χ0v) is 14.8.